The molecule has 0 unspecified atom stereocenters. The Balaban J connectivity index is 1.67. The fraction of sp³-hybridized carbons (Fsp3) is 0.200. The predicted molar refractivity (Wildman–Crippen MR) is 119 cm³/mol. The average Bonchev–Trinajstić information content (AvgIpc) is 3.14. The minimum absolute atomic E-state index is 0.163. The van der Waals surface area contributed by atoms with Crippen LogP contribution < -0.4 is 10.6 Å². The van der Waals surface area contributed by atoms with E-state index in [1.54, 1.807) is 48.4 Å². The second-order valence-electron chi connectivity index (χ2n) is 6.24. The van der Waals surface area contributed by atoms with Gasteiger partial charge in [-0.3, -0.25) is 14.9 Å². The Morgan fingerprint density at radius 2 is 2.03 bits per heavy atom. The number of amides is 1. The molecule has 30 heavy (non-hydrogen) atoms. The number of hydrogen-bond acceptors (Lipinski definition) is 8. The van der Waals surface area contributed by atoms with Gasteiger partial charge in [0, 0.05) is 46.9 Å². The smallest absolute Gasteiger partial charge is 0.293 e. The summed E-state index contributed by atoms with van der Waals surface area (Å²) < 4.78 is 5.89. The molecule has 1 aromatic heterocycles. The molecule has 0 radical (unpaired) electrons. The third-order valence-electron chi connectivity index (χ3n) is 3.99. The summed E-state index contributed by atoms with van der Waals surface area (Å²) in [6, 6.07) is 11.7. The Bertz CT molecular complexity index is 1040. The number of carbonyl (C=O) groups excluding carboxylic acids is 1. The van der Waals surface area contributed by atoms with Gasteiger partial charge in [0.2, 0.25) is 0 Å². The molecule has 2 N–H and O–H groups in total. The van der Waals surface area contributed by atoms with Crippen LogP contribution in [-0.4, -0.2) is 36.1 Å². The van der Waals surface area contributed by atoms with Crippen molar-refractivity contribution in [1.82, 2.24) is 4.98 Å². The lowest BCUT2D eigenvalue weighted by Gasteiger charge is -2.09. The maximum atomic E-state index is 12.6. The molecule has 2 aromatic carbocycles. The van der Waals surface area contributed by atoms with E-state index in [0.717, 1.165) is 14.9 Å². The Morgan fingerprint density at radius 3 is 2.67 bits per heavy atom. The molecular formula is C20H20N4O4S2. The van der Waals surface area contributed by atoms with Crippen molar-refractivity contribution in [3.05, 3.63) is 69.2 Å². The first kappa shape index (κ1) is 21.8. The van der Waals surface area contributed by atoms with Gasteiger partial charge in [-0.05, 0) is 43.3 Å². The average molecular weight is 445 g/mol. The van der Waals surface area contributed by atoms with Crippen LogP contribution in [0.3, 0.4) is 0 Å². The molecule has 0 fully saturated rings. The van der Waals surface area contributed by atoms with Crippen molar-refractivity contribution in [2.75, 3.05) is 30.9 Å². The highest BCUT2D eigenvalue weighted by atomic mass is 32.2. The number of nitro benzene ring substituents is 1. The molecule has 0 saturated heterocycles. The first-order valence-corrected chi connectivity index (χ1v) is 10.7. The summed E-state index contributed by atoms with van der Waals surface area (Å²) in [5.74, 6) is -0.419. The van der Waals surface area contributed by atoms with Crippen molar-refractivity contribution in [1.29, 1.82) is 0 Å². The Morgan fingerprint density at radius 1 is 1.27 bits per heavy atom. The van der Waals surface area contributed by atoms with E-state index in [0.29, 0.717) is 24.5 Å². The van der Waals surface area contributed by atoms with E-state index in [-0.39, 0.29) is 11.3 Å². The van der Waals surface area contributed by atoms with Gasteiger partial charge in [0.1, 0.15) is 5.69 Å². The number of thiazole rings is 1. The maximum absolute atomic E-state index is 12.6. The van der Waals surface area contributed by atoms with Crippen LogP contribution in [0.2, 0.25) is 0 Å². The van der Waals surface area contributed by atoms with Crippen LogP contribution in [0.25, 0.3) is 0 Å². The number of aryl methyl sites for hydroxylation is 1. The zero-order valence-corrected chi connectivity index (χ0v) is 18.0. The Hall–Kier alpha value is -2.95. The van der Waals surface area contributed by atoms with Gasteiger partial charge in [-0.1, -0.05) is 11.8 Å². The molecule has 0 saturated carbocycles. The fourth-order valence-electron chi connectivity index (χ4n) is 2.55. The van der Waals surface area contributed by atoms with Crippen LogP contribution in [0.4, 0.5) is 17.1 Å². The molecule has 1 heterocycles. The van der Waals surface area contributed by atoms with Crippen LogP contribution in [-0.2, 0) is 4.74 Å². The molecule has 3 rings (SSSR count). The predicted octanol–water partition coefficient (Wildman–Crippen LogP) is 4.82. The monoisotopic (exact) mass is 444 g/mol. The fourth-order valence-corrected chi connectivity index (χ4v) is 4.36. The maximum Gasteiger partial charge on any atom is 0.293 e. The Labute approximate surface area is 181 Å². The second-order valence-corrected chi connectivity index (χ2v) is 8.42. The molecule has 156 valence electrons. The largest absolute Gasteiger partial charge is 0.383 e. The van der Waals surface area contributed by atoms with E-state index in [2.05, 4.69) is 15.6 Å². The number of benzene rings is 2. The summed E-state index contributed by atoms with van der Waals surface area (Å²) in [6.45, 7) is 2.79. The SMILES string of the molecule is COCCNc1ccc(C(=O)Nc2ccc(Sc3nc(C)cs3)cc2)cc1[N+](=O)[O-]. The summed E-state index contributed by atoms with van der Waals surface area (Å²) >= 11 is 3.13. The molecule has 10 heteroatoms. The highest BCUT2D eigenvalue weighted by Crippen LogP contribution is 2.31. The molecule has 0 aliphatic carbocycles. The van der Waals surface area contributed by atoms with E-state index >= 15 is 0 Å². The first-order valence-electron chi connectivity index (χ1n) is 8.99. The number of methoxy groups -OCH3 is 1. The number of hydrogen-bond donors (Lipinski definition) is 2. The number of nitrogens with zero attached hydrogens (tertiary/aromatic N) is 2. The number of rotatable bonds is 9. The zero-order chi connectivity index (χ0) is 21.5. The molecule has 8 nitrogen and oxygen atoms in total. The van der Waals surface area contributed by atoms with Gasteiger partial charge >= 0.3 is 0 Å². The van der Waals surface area contributed by atoms with Crippen molar-refractivity contribution in [3.8, 4) is 0 Å². The van der Waals surface area contributed by atoms with E-state index in [1.807, 2.05) is 24.4 Å². The highest BCUT2D eigenvalue weighted by molar-refractivity contribution is 8.01. The molecular weight excluding hydrogens is 424 g/mol. The first-order chi connectivity index (χ1) is 14.5. The van der Waals surface area contributed by atoms with Gasteiger partial charge < -0.3 is 15.4 Å². The number of anilines is 2. The molecule has 0 atom stereocenters. The normalized spacial score (nSPS) is 10.6. The molecule has 0 bridgehead atoms. The quantitative estimate of drug-likeness (QED) is 0.277. The third-order valence-corrected chi connectivity index (χ3v) is 6.06. The lowest BCUT2D eigenvalue weighted by Crippen LogP contribution is -2.13. The van der Waals surface area contributed by atoms with Crippen molar-refractivity contribution < 1.29 is 14.5 Å². The third kappa shape index (κ3) is 5.78. The van der Waals surface area contributed by atoms with Crippen LogP contribution in [0.5, 0.6) is 0 Å². The van der Waals surface area contributed by atoms with Crippen molar-refractivity contribution in [3.63, 3.8) is 0 Å². The van der Waals surface area contributed by atoms with Gasteiger partial charge in [-0.25, -0.2) is 4.98 Å². The minimum Gasteiger partial charge on any atom is -0.383 e. The van der Waals surface area contributed by atoms with E-state index in [1.165, 1.54) is 12.1 Å². The second kappa shape index (κ2) is 10.2. The van der Waals surface area contributed by atoms with Gasteiger partial charge in [0.15, 0.2) is 4.34 Å². The molecule has 3 aromatic rings. The Kier molecular flexibility index (Phi) is 7.39. The summed E-state index contributed by atoms with van der Waals surface area (Å²) in [7, 11) is 1.55. The summed E-state index contributed by atoms with van der Waals surface area (Å²) in [5.41, 5.74) is 1.97. The summed E-state index contributed by atoms with van der Waals surface area (Å²) in [4.78, 5) is 28.8. The van der Waals surface area contributed by atoms with Crippen molar-refractivity contribution in [2.24, 2.45) is 0 Å². The number of aromatic nitrogens is 1. The van der Waals surface area contributed by atoms with E-state index in [4.69, 9.17) is 4.74 Å². The van der Waals surface area contributed by atoms with Gasteiger partial charge in [-0.2, -0.15) is 0 Å². The standard InChI is InChI=1S/C20H20N4O4S2/c1-13-12-29-20(22-13)30-16-6-4-15(5-7-16)23-19(25)14-3-8-17(21-9-10-28-2)18(11-14)24(26)27/h3-8,11-12,21H,9-10H2,1-2H3,(H,23,25). The number of carbonyl (C=O) groups is 1. The van der Waals surface area contributed by atoms with Crippen LogP contribution >= 0.6 is 23.1 Å². The summed E-state index contributed by atoms with van der Waals surface area (Å²) in [5, 5.41) is 19.1. The topological polar surface area (TPSA) is 106 Å². The zero-order valence-electron chi connectivity index (χ0n) is 16.4. The van der Waals surface area contributed by atoms with Crippen LogP contribution in [0.15, 0.2) is 57.1 Å². The van der Waals surface area contributed by atoms with E-state index < -0.39 is 10.8 Å². The number of ether oxygens (including phenoxy) is 1. The highest BCUT2D eigenvalue weighted by Gasteiger charge is 2.17. The molecule has 0 aliphatic rings. The van der Waals surface area contributed by atoms with Crippen molar-refractivity contribution >= 4 is 46.1 Å². The lowest BCUT2D eigenvalue weighted by atomic mass is 10.1. The number of nitro groups is 1. The van der Waals surface area contributed by atoms with Gasteiger partial charge in [-0.15, -0.1) is 11.3 Å². The van der Waals surface area contributed by atoms with E-state index in [9.17, 15) is 14.9 Å². The minimum atomic E-state index is -0.516. The molecule has 1 amide bonds. The van der Waals surface area contributed by atoms with Crippen LogP contribution in [0, 0.1) is 17.0 Å². The van der Waals surface area contributed by atoms with Crippen molar-refractivity contribution in [2.45, 2.75) is 16.2 Å². The van der Waals surface area contributed by atoms with Crippen LogP contribution in [0.1, 0.15) is 16.1 Å². The van der Waals surface area contributed by atoms with Gasteiger partial charge in [0.05, 0.1) is 11.5 Å². The summed E-state index contributed by atoms with van der Waals surface area (Å²) in [6.07, 6.45) is 0. The molecule has 0 aliphatic heterocycles. The lowest BCUT2D eigenvalue weighted by molar-refractivity contribution is -0.384. The van der Waals surface area contributed by atoms with Gasteiger partial charge in [0.25, 0.3) is 11.6 Å². The molecule has 0 spiro atoms. The number of nitrogens with one attached hydrogen (secondary N) is 2.